The van der Waals surface area contributed by atoms with Gasteiger partial charge in [0.1, 0.15) is 10.7 Å². The van der Waals surface area contributed by atoms with Gasteiger partial charge < -0.3 is 16.4 Å². The first kappa shape index (κ1) is 21.2. The largest absolute Gasteiger partial charge is 0.417 e. The molecule has 2 amide bonds. The van der Waals surface area contributed by atoms with Gasteiger partial charge in [0.2, 0.25) is 0 Å². The van der Waals surface area contributed by atoms with Crippen molar-refractivity contribution < 1.29 is 27.2 Å². The van der Waals surface area contributed by atoms with Crippen LogP contribution in [-0.2, 0) is 6.18 Å². The fourth-order valence-electron chi connectivity index (χ4n) is 2.42. The van der Waals surface area contributed by atoms with Gasteiger partial charge in [0.15, 0.2) is 5.13 Å². The average molecular weight is 439 g/mol. The van der Waals surface area contributed by atoms with Crippen molar-refractivity contribution in [2.45, 2.75) is 13.1 Å². The Morgan fingerprint density at radius 1 is 1.07 bits per heavy atom. The molecule has 156 valence electrons. The van der Waals surface area contributed by atoms with Gasteiger partial charge in [-0.2, -0.15) is 13.2 Å². The molecule has 2 heterocycles. The number of amides is 2. The summed E-state index contributed by atoms with van der Waals surface area (Å²) in [6, 6.07) is 2.78. The zero-order valence-corrected chi connectivity index (χ0v) is 16.0. The van der Waals surface area contributed by atoms with E-state index in [0.29, 0.717) is 17.8 Å². The van der Waals surface area contributed by atoms with Crippen molar-refractivity contribution in [2.24, 2.45) is 0 Å². The van der Waals surface area contributed by atoms with Gasteiger partial charge in [0, 0.05) is 11.9 Å². The molecule has 0 radical (unpaired) electrons. The quantitative estimate of drug-likeness (QED) is 0.531. The highest BCUT2D eigenvalue weighted by Gasteiger charge is 2.31. The molecule has 3 aromatic rings. The molecule has 0 bridgehead atoms. The van der Waals surface area contributed by atoms with Gasteiger partial charge >= 0.3 is 6.18 Å². The van der Waals surface area contributed by atoms with Crippen LogP contribution in [0.3, 0.4) is 0 Å². The van der Waals surface area contributed by atoms with E-state index in [1.807, 2.05) is 0 Å². The number of aryl methyl sites for hydroxylation is 1. The lowest BCUT2D eigenvalue weighted by Crippen LogP contribution is -2.17. The van der Waals surface area contributed by atoms with Crippen LogP contribution in [-0.4, -0.2) is 21.8 Å². The van der Waals surface area contributed by atoms with Crippen LogP contribution in [0.15, 0.2) is 36.8 Å². The maximum absolute atomic E-state index is 14.3. The van der Waals surface area contributed by atoms with E-state index in [0.717, 1.165) is 29.7 Å². The predicted octanol–water partition coefficient (Wildman–Crippen LogP) is 4.09. The number of halogens is 4. The Hall–Kier alpha value is -3.54. The summed E-state index contributed by atoms with van der Waals surface area (Å²) in [5, 5.41) is 4.88. The first-order valence-corrected chi connectivity index (χ1v) is 9.02. The second kappa shape index (κ2) is 8.06. The SMILES string of the molecule is Cc1cc(F)c(C(=O)Nc2cncc(C(F)(F)F)c2)cc1NC(=O)c1cnc(N)s1. The molecule has 4 N–H and O–H groups in total. The number of anilines is 3. The van der Waals surface area contributed by atoms with Crippen LogP contribution >= 0.6 is 11.3 Å². The number of aromatic nitrogens is 2. The highest BCUT2D eigenvalue weighted by atomic mass is 32.1. The molecule has 2 aromatic heterocycles. The molecule has 30 heavy (non-hydrogen) atoms. The molecule has 0 unspecified atom stereocenters. The number of carbonyl (C=O) groups excluding carboxylic acids is 2. The van der Waals surface area contributed by atoms with Crippen LogP contribution < -0.4 is 16.4 Å². The Kier molecular flexibility index (Phi) is 5.69. The standard InChI is InChI=1S/C18H13F4N5O2S/c1-8-2-12(19)11(4-13(8)27-16(29)14-7-25-17(23)30-14)15(28)26-10-3-9(5-24-6-10)18(20,21)22/h2-7H,1H3,(H2,23,25)(H,26,28)(H,27,29). The topological polar surface area (TPSA) is 110 Å². The predicted molar refractivity (Wildman–Crippen MR) is 103 cm³/mol. The third kappa shape index (κ3) is 4.71. The first-order chi connectivity index (χ1) is 14.0. The molecular formula is C18H13F4N5O2S. The molecular weight excluding hydrogens is 426 g/mol. The van der Waals surface area contributed by atoms with Crippen molar-refractivity contribution in [2.75, 3.05) is 16.4 Å². The van der Waals surface area contributed by atoms with E-state index in [1.165, 1.54) is 13.1 Å². The minimum atomic E-state index is -4.65. The number of hydrogen-bond donors (Lipinski definition) is 3. The third-order valence-corrected chi connectivity index (χ3v) is 4.70. The van der Waals surface area contributed by atoms with E-state index in [2.05, 4.69) is 20.6 Å². The van der Waals surface area contributed by atoms with Gasteiger partial charge in [0.25, 0.3) is 11.8 Å². The maximum Gasteiger partial charge on any atom is 0.417 e. The smallest absolute Gasteiger partial charge is 0.375 e. The van der Waals surface area contributed by atoms with Crippen LogP contribution in [0, 0.1) is 12.7 Å². The summed E-state index contributed by atoms with van der Waals surface area (Å²) in [4.78, 5) is 32.1. The Balaban J connectivity index is 1.84. The molecule has 0 aliphatic rings. The molecule has 12 heteroatoms. The second-order valence-corrected chi connectivity index (χ2v) is 7.14. The molecule has 3 rings (SSSR count). The van der Waals surface area contributed by atoms with Crippen LogP contribution in [0.2, 0.25) is 0 Å². The number of benzene rings is 1. The van der Waals surface area contributed by atoms with Crippen LogP contribution in [0.4, 0.5) is 34.1 Å². The Labute approximate surface area is 171 Å². The summed E-state index contributed by atoms with van der Waals surface area (Å²) >= 11 is 0.942. The van der Waals surface area contributed by atoms with E-state index in [1.54, 1.807) is 0 Å². The Morgan fingerprint density at radius 2 is 1.80 bits per heavy atom. The lowest BCUT2D eigenvalue weighted by atomic mass is 10.1. The number of carbonyl (C=O) groups is 2. The third-order valence-electron chi connectivity index (χ3n) is 3.88. The Bertz CT molecular complexity index is 1130. The van der Waals surface area contributed by atoms with Gasteiger partial charge in [-0.15, -0.1) is 0 Å². The van der Waals surface area contributed by atoms with E-state index in [4.69, 9.17) is 5.73 Å². The van der Waals surface area contributed by atoms with Crippen molar-refractivity contribution in [1.29, 1.82) is 0 Å². The molecule has 1 aromatic carbocycles. The number of nitrogens with one attached hydrogen (secondary N) is 2. The Morgan fingerprint density at radius 3 is 2.43 bits per heavy atom. The summed E-state index contributed by atoms with van der Waals surface area (Å²) < 4.78 is 52.7. The molecule has 0 saturated carbocycles. The highest BCUT2D eigenvalue weighted by Crippen LogP contribution is 2.30. The number of nitrogens with two attached hydrogens (primary N) is 1. The normalized spacial score (nSPS) is 11.2. The monoisotopic (exact) mass is 439 g/mol. The van der Waals surface area contributed by atoms with Crippen molar-refractivity contribution in [3.8, 4) is 0 Å². The van der Waals surface area contributed by atoms with E-state index >= 15 is 0 Å². The number of alkyl halides is 3. The average Bonchev–Trinajstić information content (AvgIpc) is 3.10. The van der Waals surface area contributed by atoms with E-state index in [9.17, 15) is 27.2 Å². The molecule has 0 fully saturated rings. The minimum Gasteiger partial charge on any atom is -0.375 e. The fraction of sp³-hybridized carbons (Fsp3) is 0.111. The zero-order valence-electron chi connectivity index (χ0n) is 15.2. The van der Waals surface area contributed by atoms with E-state index in [-0.39, 0.29) is 21.4 Å². The van der Waals surface area contributed by atoms with Gasteiger partial charge in [-0.1, -0.05) is 11.3 Å². The van der Waals surface area contributed by atoms with Crippen molar-refractivity contribution in [3.05, 3.63) is 64.2 Å². The minimum absolute atomic E-state index is 0.140. The molecule has 0 spiro atoms. The molecule has 0 aliphatic carbocycles. The van der Waals surface area contributed by atoms with Gasteiger partial charge in [-0.25, -0.2) is 9.37 Å². The van der Waals surface area contributed by atoms with Crippen molar-refractivity contribution in [1.82, 2.24) is 9.97 Å². The summed E-state index contributed by atoms with van der Waals surface area (Å²) in [6.07, 6.45) is -1.79. The number of thiazole rings is 1. The fourth-order valence-corrected chi connectivity index (χ4v) is 3.00. The highest BCUT2D eigenvalue weighted by molar-refractivity contribution is 7.17. The summed E-state index contributed by atoms with van der Waals surface area (Å²) in [6.45, 7) is 1.51. The number of hydrogen-bond acceptors (Lipinski definition) is 6. The summed E-state index contributed by atoms with van der Waals surface area (Å²) in [7, 11) is 0. The lowest BCUT2D eigenvalue weighted by molar-refractivity contribution is -0.137. The maximum atomic E-state index is 14.3. The van der Waals surface area contributed by atoms with Crippen molar-refractivity contribution in [3.63, 3.8) is 0 Å². The van der Waals surface area contributed by atoms with Crippen LogP contribution in [0.5, 0.6) is 0 Å². The summed E-state index contributed by atoms with van der Waals surface area (Å²) in [5.74, 6) is -2.48. The van der Waals surface area contributed by atoms with Crippen LogP contribution in [0.1, 0.15) is 31.2 Å². The number of pyridine rings is 1. The first-order valence-electron chi connectivity index (χ1n) is 8.21. The second-order valence-electron chi connectivity index (χ2n) is 6.08. The van der Waals surface area contributed by atoms with Crippen LogP contribution in [0.25, 0.3) is 0 Å². The number of nitrogens with zero attached hydrogens (tertiary/aromatic N) is 2. The zero-order chi connectivity index (χ0) is 22.1. The molecule has 0 atom stereocenters. The van der Waals surface area contributed by atoms with Gasteiger partial charge in [0.05, 0.1) is 29.2 Å². The van der Waals surface area contributed by atoms with Crippen molar-refractivity contribution >= 4 is 39.7 Å². The lowest BCUT2D eigenvalue weighted by Gasteiger charge is -2.12. The molecule has 0 aliphatic heterocycles. The van der Waals surface area contributed by atoms with E-state index < -0.39 is 34.9 Å². The molecule has 7 nitrogen and oxygen atoms in total. The van der Waals surface area contributed by atoms with Gasteiger partial charge in [-0.3, -0.25) is 14.6 Å². The number of nitrogen functional groups attached to an aromatic ring is 1. The molecule has 0 saturated heterocycles. The van der Waals surface area contributed by atoms with Gasteiger partial charge in [-0.05, 0) is 30.7 Å². The number of rotatable bonds is 4. The summed E-state index contributed by atoms with van der Waals surface area (Å²) in [5.41, 5.74) is 4.15.